The lowest BCUT2D eigenvalue weighted by atomic mass is 9.43. The van der Waals surface area contributed by atoms with E-state index >= 15 is 4.39 Å². The molecule has 3 nitrogen and oxygen atoms in total. The first kappa shape index (κ1) is 16.2. The van der Waals surface area contributed by atoms with Crippen LogP contribution in [0.2, 0.25) is 0 Å². The van der Waals surface area contributed by atoms with Crippen LogP contribution in [0.3, 0.4) is 0 Å². The van der Waals surface area contributed by atoms with Crippen molar-refractivity contribution in [2.75, 3.05) is 0 Å². The number of alkyl halides is 1. The summed E-state index contributed by atoms with van der Waals surface area (Å²) >= 11 is 0. The Morgan fingerprint density at radius 2 is 1.83 bits per heavy atom. The SMILES string of the molecule is C=C1CC2C3CCC(=O)[C@@]3(C)C(F)C(=O)C2[C@@]2(C)CCC(=O)C[C@H]12. The number of carbonyl (C=O) groups is 3. The zero-order valence-electron chi connectivity index (χ0n) is 14.4. The first-order valence-electron chi connectivity index (χ1n) is 9.11. The van der Waals surface area contributed by atoms with E-state index in [-0.39, 0.29) is 46.4 Å². The average Bonchev–Trinajstić information content (AvgIpc) is 2.83. The number of carbonyl (C=O) groups excluding carboxylic acids is 3. The van der Waals surface area contributed by atoms with E-state index in [9.17, 15) is 14.4 Å². The Morgan fingerprint density at radius 3 is 2.54 bits per heavy atom. The number of Topliss-reactive ketones (excluding diaryl/α,β-unsaturated/α-hetero) is 3. The van der Waals surface area contributed by atoms with Gasteiger partial charge < -0.3 is 0 Å². The number of ketones is 3. The van der Waals surface area contributed by atoms with Gasteiger partial charge in [-0.05, 0) is 49.4 Å². The zero-order valence-corrected chi connectivity index (χ0v) is 14.4. The molecule has 0 heterocycles. The second-order valence-electron chi connectivity index (χ2n) is 8.92. The summed E-state index contributed by atoms with van der Waals surface area (Å²) in [7, 11) is 0. The quantitative estimate of drug-likeness (QED) is 0.638. The molecule has 0 N–H and O–H groups in total. The number of fused-ring (bicyclic) bond motifs is 5. The van der Waals surface area contributed by atoms with Crippen molar-refractivity contribution in [3.05, 3.63) is 12.2 Å². The van der Waals surface area contributed by atoms with Crippen LogP contribution >= 0.6 is 0 Å². The standard InChI is InChI=1S/C20H25FO3/c1-10-8-12-13-4-5-15(23)20(13,3)18(21)17(24)16(12)19(2)7-6-11(22)9-14(10)19/h12-14,16,18H,1,4-9H2,2-3H3/t12?,13?,14-,16?,18?,19+,20+/m1/s1. The predicted octanol–water partition coefficient (Wildman–Crippen LogP) is 3.46. The summed E-state index contributed by atoms with van der Waals surface area (Å²) in [4.78, 5) is 37.4. The van der Waals surface area contributed by atoms with Crippen molar-refractivity contribution in [1.82, 2.24) is 0 Å². The number of hydrogen-bond acceptors (Lipinski definition) is 3. The van der Waals surface area contributed by atoms with Crippen LogP contribution in [0.25, 0.3) is 0 Å². The minimum atomic E-state index is -1.69. The van der Waals surface area contributed by atoms with Crippen molar-refractivity contribution in [3.8, 4) is 0 Å². The summed E-state index contributed by atoms with van der Waals surface area (Å²) in [5.41, 5.74) is -0.507. The van der Waals surface area contributed by atoms with Crippen LogP contribution in [-0.2, 0) is 14.4 Å². The van der Waals surface area contributed by atoms with Crippen molar-refractivity contribution in [2.24, 2.45) is 34.5 Å². The maximum atomic E-state index is 15.2. The summed E-state index contributed by atoms with van der Waals surface area (Å²) < 4.78 is 15.2. The minimum Gasteiger partial charge on any atom is -0.300 e. The van der Waals surface area contributed by atoms with Crippen LogP contribution in [0, 0.1) is 34.5 Å². The third-order valence-electron chi connectivity index (χ3n) is 7.95. The van der Waals surface area contributed by atoms with Crippen molar-refractivity contribution in [1.29, 1.82) is 0 Å². The fraction of sp³-hybridized carbons (Fsp3) is 0.750. The smallest absolute Gasteiger partial charge is 0.171 e. The molecule has 4 aliphatic carbocycles. The van der Waals surface area contributed by atoms with Crippen molar-refractivity contribution in [3.63, 3.8) is 0 Å². The lowest BCUT2D eigenvalue weighted by Gasteiger charge is -2.59. The van der Waals surface area contributed by atoms with E-state index in [1.54, 1.807) is 6.92 Å². The van der Waals surface area contributed by atoms with Gasteiger partial charge in [0.15, 0.2) is 12.0 Å². The Morgan fingerprint density at radius 1 is 1.12 bits per heavy atom. The maximum Gasteiger partial charge on any atom is 0.171 e. The first-order chi connectivity index (χ1) is 11.2. The Balaban J connectivity index is 1.81. The molecule has 0 spiro atoms. The average molecular weight is 332 g/mol. The Bertz CT molecular complexity index is 668. The fourth-order valence-electron chi connectivity index (χ4n) is 6.60. The highest BCUT2D eigenvalue weighted by Crippen LogP contribution is 2.65. The Kier molecular flexibility index (Phi) is 3.27. The summed E-state index contributed by atoms with van der Waals surface area (Å²) in [5.74, 6) is -0.722. The normalized spacial score (nSPS) is 51.2. The van der Waals surface area contributed by atoms with Gasteiger partial charge in [-0.2, -0.15) is 0 Å². The van der Waals surface area contributed by atoms with Gasteiger partial charge in [-0.1, -0.05) is 19.1 Å². The minimum absolute atomic E-state index is 0.00269. The van der Waals surface area contributed by atoms with Crippen LogP contribution in [-0.4, -0.2) is 23.5 Å². The van der Waals surface area contributed by atoms with Gasteiger partial charge in [-0.3, -0.25) is 14.4 Å². The molecule has 0 aromatic carbocycles. The molecule has 4 fully saturated rings. The molecule has 0 saturated heterocycles. The van der Waals surface area contributed by atoms with Gasteiger partial charge in [0.05, 0.1) is 5.41 Å². The third kappa shape index (κ3) is 1.75. The van der Waals surface area contributed by atoms with Crippen LogP contribution in [0.1, 0.15) is 52.4 Å². The van der Waals surface area contributed by atoms with Gasteiger partial charge >= 0.3 is 0 Å². The molecule has 0 amide bonds. The van der Waals surface area contributed by atoms with E-state index in [1.807, 2.05) is 0 Å². The Labute approximate surface area is 142 Å². The summed E-state index contributed by atoms with van der Waals surface area (Å²) in [5, 5.41) is 0. The molecule has 4 heteroatoms. The van der Waals surface area contributed by atoms with E-state index in [0.29, 0.717) is 38.5 Å². The number of rotatable bonds is 0. The largest absolute Gasteiger partial charge is 0.300 e. The lowest BCUT2D eigenvalue weighted by Crippen LogP contribution is -2.62. The van der Waals surface area contributed by atoms with Crippen molar-refractivity contribution in [2.45, 2.75) is 58.5 Å². The molecule has 130 valence electrons. The van der Waals surface area contributed by atoms with Crippen LogP contribution in [0.4, 0.5) is 4.39 Å². The highest BCUT2D eigenvalue weighted by atomic mass is 19.1. The van der Waals surface area contributed by atoms with Gasteiger partial charge in [-0.15, -0.1) is 0 Å². The van der Waals surface area contributed by atoms with E-state index in [2.05, 4.69) is 13.5 Å². The second-order valence-corrected chi connectivity index (χ2v) is 8.92. The van der Waals surface area contributed by atoms with Crippen LogP contribution in [0.5, 0.6) is 0 Å². The number of hydrogen-bond donors (Lipinski definition) is 0. The molecule has 4 rings (SSSR count). The van der Waals surface area contributed by atoms with Gasteiger partial charge in [0.2, 0.25) is 0 Å². The topological polar surface area (TPSA) is 51.2 Å². The van der Waals surface area contributed by atoms with Crippen LogP contribution in [0.15, 0.2) is 12.2 Å². The molecule has 4 aliphatic rings. The molecule has 0 radical (unpaired) electrons. The van der Waals surface area contributed by atoms with Crippen LogP contribution < -0.4 is 0 Å². The molecule has 0 bridgehead atoms. The maximum absolute atomic E-state index is 15.2. The molecule has 0 aliphatic heterocycles. The summed E-state index contributed by atoms with van der Waals surface area (Å²) in [6, 6.07) is 0. The fourth-order valence-corrected chi connectivity index (χ4v) is 6.60. The van der Waals surface area contributed by atoms with E-state index in [0.717, 1.165) is 5.57 Å². The number of halogens is 1. The molecule has 7 atom stereocenters. The Hall–Kier alpha value is -1.32. The monoisotopic (exact) mass is 332 g/mol. The van der Waals surface area contributed by atoms with Gasteiger partial charge in [0.25, 0.3) is 0 Å². The molecule has 4 saturated carbocycles. The summed E-state index contributed by atoms with van der Waals surface area (Å²) in [6.07, 6.45) is 1.55. The highest BCUT2D eigenvalue weighted by Gasteiger charge is 2.68. The van der Waals surface area contributed by atoms with E-state index in [1.165, 1.54) is 0 Å². The van der Waals surface area contributed by atoms with Crippen molar-refractivity contribution < 1.29 is 18.8 Å². The first-order valence-corrected chi connectivity index (χ1v) is 9.11. The molecule has 0 aromatic heterocycles. The lowest BCUT2D eigenvalue weighted by molar-refractivity contribution is -0.168. The van der Waals surface area contributed by atoms with Gasteiger partial charge in [0.1, 0.15) is 11.6 Å². The molecule has 4 unspecified atom stereocenters. The zero-order chi connectivity index (χ0) is 17.4. The molecular weight excluding hydrogens is 307 g/mol. The van der Waals surface area contributed by atoms with Crippen molar-refractivity contribution >= 4 is 17.3 Å². The molecule has 0 aromatic rings. The van der Waals surface area contributed by atoms with Gasteiger partial charge in [0, 0.05) is 25.2 Å². The van der Waals surface area contributed by atoms with Gasteiger partial charge in [-0.25, -0.2) is 4.39 Å². The second kappa shape index (κ2) is 4.86. The van der Waals surface area contributed by atoms with E-state index < -0.39 is 11.6 Å². The highest BCUT2D eigenvalue weighted by molar-refractivity contribution is 5.99. The third-order valence-corrected chi connectivity index (χ3v) is 7.95. The number of allylic oxidation sites excluding steroid dienone is 1. The predicted molar refractivity (Wildman–Crippen MR) is 86.9 cm³/mol. The van der Waals surface area contributed by atoms with E-state index in [4.69, 9.17) is 0 Å². The molecule has 24 heavy (non-hydrogen) atoms. The molecular formula is C20H25FO3. The summed E-state index contributed by atoms with van der Waals surface area (Å²) in [6.45, 7) is 7.94.